The first-order valence-corrected chi connectivity index (χ1v) is 3.21. The summed E-state index contributed by atoms with van der Waals surface area (Å²) in [5, 5.41) is 10.3. The minimum atomic E-state index is -0.575. The van der Waals surface area contributed by atoms with Gasteiger partial charge in [0.2, 0.25) is 0 Å². The molecule has 0 fully saturated rings. The van der Waals surface area contributed by atoms with Crippen LogP contribution < -0.4 is 0 Å². The van der Waals surface area contributed by atoms with E-state index in [0.717, 1.165) is 0 Å². The summed E-state index contributed by atoms with van der Waals surface area (Å²) >= 11 is 0. The maximum atomic E-state index is 11.4. The fraction of sp³-hybridized carbons (Fsp3) is 0.143. The predicted molar refractivity (Wildman–Crippen MR) is 39.0 cm³/mol. The molecule has 0 saturated carbocycles. The molecule has 4 nitrogen and oxygen atoms in total. The summed E-state index contributed by atoms with van der Waals surface area (Å²) in [6.07, 6.45) is 0. The van der Waals surface area contributed by atoms with Crippen LogP contribution in [0.25, 0.3) is 0 Å². The third kappa shape index (κ3) is 1.76. The van der Waals surface area contributed by atoms with Crippen molar-refractivity contribution in [3.63, 3.8) is 0 Å². The molecule has 0 atom stereocenters. The minimum absolute atomic E-state index is 0.129. The van der Waals surface area contributed by atoms with Crippen LogP contribution in [0.2, 0.25) is 0 Å². The summed E-state index contributed by atoms with van der Waals surface area (Å²) in [4.78, 5) is 13.1. The average molecular weight is 171 g/mol. The van der Waals surface area contributed by atoms with E-state index in [1.165, 1.54) is 18.2 Å². The van der Waals surface area contributed by atoms with Crippen molar-refractivity contribution in [3.05, 3.63) is 39.9 Å². The number of benzene rings is 1. The zero-order chi connectivity index (χ0) is 8.97. The highest BCUT2D eigenvalue weighted by Crippen LogP contribution is 2.18. The first-order chi connectivity index (χ1) is 5.75. The third-order valence-electron chi connectivity index (χ3n) is 1.40. The molecule has 0 aliphatic rings. The van der Waals surface area contributed by atoms with E-state index in [9.17, 15) is 14.6 Å². The number of hydrogen-bond acceptors (Lipinski definition) is 3. The number of nitro groups is 1. The van der Waals surface area contributed by atoms with Crippen molar-refractivity contribution >= 4 is 5.69 Å². The van der Waals surface area contributed by atoms with Crippen LogP contribution in [0.5, 0.6) is 0 Å². The van der Waals surface area contributed by atoms with Crippen LogP contribution in [-0.2, 0) is 11.5 Å². The Kier molecular flexibility index (Phi) is 2.71. The van der Waals surface area contributed by atoms with Gasteiger partial charge in [0.1, 0.15) is 6.61 Å². The van der Waals surface area contributed by atoms with E-state index < -0.39 is 11.5 Å². The summed E-state index contributed by atoms with van der Waals surface area (Å²) in [5.74, 6) is 0. The Morgan fingerprint density at radius 1 is 1.50 bits per heavy atom. The fourth-order valence-corrected chi connectivity index (χ4v) is 0.870. The van der Waals surface area contributed by atoms with Crippen LogP contribution in [0.3, 0.4) is 0 Å². The van der Waals surface area contributed by atoms with E-state index in [0.29, 0.717) is 0 Å². The van der Waals surface area contributed by atoms with Crippen LogP contribution in [0.15, 0.2) is 24.3 Å². The van der Waals surface area contributed by atoms with Gasteiger partial charge in [-0.15, -0.1) is 0 Å². The molecule has 0 bridgehead atoms. The van der Waals surface area contributed by atoms with E-state index in [-0.39, 0.29) is 11.3 Å². The molecule has 0 heterocycles. The molecule has 0 aromatic heterocycles. The fourth-order valence-electron chi connectivity index (χ4n) is 0.870. The molecule has 1 aromatic carbocycles. The number of halogens is 1. The lowest BCUT2D eigenvalue weighted by Crippen LogP contribution is -1.94. The summed E-state index contributed by atoms with van der Waals surface area (Å²) in [5.41, 5.74) is 0.0974. The van der Waals surface area contributed by atoms with E-state index in [2.05, 4.69) is 4.94 Å². The topological polar surface area (TPSA) is 52.4 Å². The van der Waals surface area contributed by atoms with Crippen LogP contribution in [0.1, 0.15) is 5.56 Å². The van der Waals surface area contributed by atoms with Gasteiger partial charge >= 0.3 is 0 Å². The molecule has 5 heteroatoms. The quantitative estimate of drug-likeness (QED) is 0.516. The van der Waals surface area contributed by atoms with Gasteiger partial charge in [-0.2, -0.15) is 4.94 Å². The first-order valence-electron chi connectivity index (χ1n) is 3.21. The van der Waals surface area contributed by atoms with Gasteiger partial charge in [0.25, 0.3) is 5.69 Å². The summed E-state index contributed by atoms with van der Waals surface area (Å²) in [6, 6.07) is 5.84. The number of rotatable bonds is 3. The van der Waals surface area contributed by atoms with E-state index in [1.807, 2.05) is 0 Å². The summed E-state index contributed by atoms with van der Waals surface area (Å²) in [6.45, 7) is -0.392. The molecule has 0 spiro atoms. The highest BCUT2D eigenvalue weighted by atomic mass is 19.3. The molecule has 0 N–H and O–H groups in total. The zero-order valence-corrected chi connectivity index (χ0v) is 6.07. The molecular formula is C7H6FNO3. The number of para-hydroxylation sites is 1. The van der Waals surface area contributed by atoms with Crippen molar-refractivity contribution in [1.82, 2.24) is 0 Å². The van der Waals surface area contributed by atoms with Gasteiger partial charge < -0.3 is 0 Å². The SMILES string of the molecule is O=[N+]([O-])c1ccccc1COF. The lowest BCUT2D eigenvalue weighted by Gasteiger charge is -1.97. The number of nitro benzene ring substituents is 1. The van der Waals surface area contributed by atoms with E-state index in [1.54, 1.807) is 6.07 Å². The Labute approximate surface area is 67.6 Å². The highest BCUT2D eigenvalue weighted by molar-refractivity contribution is 5.39. The molecule has 12 heavy (non-hydrogen) atoms. The van der Waals surface area contributed by atoms with Gasteiger partial charge in [0.15, 0.2) is 0 Å². The Morgan fingerprint density at radius 2 is 2.17 bits per heavy atom. The molecule has 1 aromatic rings. The second-order valence-corrected chi connectivity index (χ2v) is 2.14. The number of hydrogen-bond donors (Lipinski definition) is 0. The van der Waals surface area contributed by atoms with Gasteiger partial charge in [-0.3, -0.25) is 10.1 Å². The standard InChI is InChI=1S/C7H6FNO3/c8-12-5-6-3-1-2-4-7(6)9(10)11/h1-4H,5H2. The molecule has 0 aliphatic heterocycles. The smallest absolute Gasteiger partial charge is 0.258 e. The van der Waals surface area contributed by atoms with Gasteiger partial charge in [-0.1, -0.05) is 12.1 Å². The van der Waals surface area contributed by atoms with Crippen LogP contribution >= 0.6 is 0 Å². The van der Waals surface area contributed by atoms with Gasteiger partial charge in [0.05, 0.1) is 10.5 Å². The van der Waals surface area contributed by atoms with Crippen LogP contribution in [0, 0.1) is 10.1 Å². The molecule has 0 radical (unpaired) electrons. The molecular weight excluding hydrogens is 165 g/mol. The Morgan fingerprint density at radius 3 is 2.75 bits per heavy atom. The molecule has 0 aliphatic carbocycles. The maximum Gasteiger partial charge on any atom is 0.275 e. The Hall–Kier alpha value is -1.49. The van der Waals surface area contributed by atoms with Crippen molar-refractivity contribution in [2.24, 2.45) is 0 Å². The predicted octanol–water partition coefficient (Wildman–Crippen LogP) is 2.00. The lowest BCUT2D eigenvalue weighted by atomic mass is 10.2. The molecule has 1 rings (SSSR count). The van der Waals surface area contributed by atoms with Crippen molar-refractivity contribution < 1.29 is 14.4 Å². The van der Waals surface area contributed by atoms with E-state index >= 15 is 0 Å². The molecule has 64 valence electrons. The molecule has 0 saturated heterocycles. The van der Waals surface area contributed by atoms with Crippen LogP contribution in [-0.4, -0.2) is 4.92 Å². The van der Waals surface area contributed by atoms with Crippen molar-refractivity contribution in [2.75, 3.05) is 0 Å². The number of nitrogens with zero attached hydrogens (tertiary/aromatic N) is 1. The monoisotopic (exact) mass is 171 g/mol. The second kappa shape index (κ2) is 3.77. The highest BCUT2D eigenvalue weighted by Gasteiger charge is 2.11. The average Bonchev–Trinajstić information content (AvgIpc) is 2.05. The normalized spacial score (nSPS) is 9.75. The first kappa shape index (κ1) is 8.61. The lowest BCUT2D eigenvalue weighted by molar-refractivity contribution is -0.386. The molecule has 0 unspecified atom stereocenters. The van der Waals surface area contributed by atoms with Gasteiger partial charge in [-0.05, 0) is 10.6 Å². The largest absolute Gasteiger partial charge is 0.275 e. The Balaban J connectivity index is 3.00. The van der Waals surface area contributed by atoms with Gasteiger partial charge in [0, 0.05) is 6.07 Å². The van der Waals surface area contributed by atoms with Gasteiger partial charge in [-0.25, -0.2) is 0 Å². The second-order valence-electron chi connectivity index (χ2n) is 2.14. The zero-order valence-electron chi connectivity index (χ0n) is 6.07. The maximum absolute atomic E-state index is 11.4. The van der Waals surface area contributed by atoms with Crippen molar-refractivity contribution in [1.29, 1.82) is 0 Å². The minimum Gasteiger partial charge on any atom is -0.258 e. The Bertz CT molecular complexity index is 290. The van der Waals surface area contributed by atoms with Crippen LogP contribution in [0.4, 0.5) is 10.2 Å². The van der Waals surface area contributed by atoms with E-state index in [4.69, 9.17) is 0 Å². The molecule has 0 amide bonds. The van der Waals surface area contributed by atoms with Crippen molar-refractivity contribution in [2.45, 2.75) is 6.61 Å². The summed E-state index contributed by atoms with van der Waals surface area (Å²) in [7, 11) is 0. The summed E-state index contributed by atoms with van der Waals surface area (Å²) < 4.78 is 11.4. The van der Waals surface area contributed by atoms with Crippen molar-refractivity contribution in [3.8, 4) is 0 Å². The third-order valence-corrected chi connectivity index (χ3v) is 1.40.